The number of hydrogen-bond acceptors (Lipinski definition) is 19. The molecule has 0 aromatic rings. The molecule has 0 radical (unpaired) electrons. The molecular weight excluding hydrogens is 840 g/mol. The molecule has 4 N–H and O–H groups in total. The van der Waals surface area contributed by atoms with Gasteiger partial charge in [-0.1, -0.05) is 32.9 Å². The number of aliphatic hydroxyl groups is 4. The van der Waals surface area contributed by atoms with Crippen LogP contribution in [-0.2, 0) is 61.7 Å². The van der Waals surface area contributed by atoms with Crippen LogP contribution in [0.25, 0.3) is 0 Å². The molecule has 0 saturated carbocycles. The number of esters is 1. The van der Waals surface area contributed by atoms with Gasteiger partial charge in [0.25, 0.3) is 0 Å². The fraction of sp³-hybridized carbons (Fsp3) is 0.956. The van der Waals surface area contributed by atoms with Crippen molar-refractivity contribution in [1.82, 2.24) is 4.90 Å². The van der Waals surface area contributed by atoms with Gasteiger partial charge in [0, 0.05) is 51.5 Å². The van der Waals surface area contributed by atoms with Gasteiger partial charge in [-0.2, -0.15) is 0 Å². The van der Waals surface area contributed by atoms with Crippen molar-refractivity contribution in [3.8, 4) is 0 Å². The SMILES string of the molecule is CC[C@H]1OC(=O)[C@H](C)[C@@H](O[C@H]2C[C@@](C)(OC)[C@@H](O)[C@H](C)O2)[C@H](C)[C@@H](O[C@@H]2O[C@H](C)C[C@H](N(C)C)[C@H]2O)[C@](C)(O)C[C@@H](C)/C(=N\OCOCCOC)[C@H](C)[C@@H](OCOCCOC)[C@]1(C)O. The van der Waals surface area contributed by atoms with E-state index in [9.17, 15) is 25.2 Å². The van der Waals surface area contributed by atoms with Crippen molar-refractivity contribution in [3.05, 3.63) is 0 Å². The highest BCUT2D eigenvalue weighted by Crippen LogP contribution is 2.41. The van der Waals surface area contributed by atoms with Crippen LogP contribution in [0.1, 0.15) is 94.9 Å². The summed E-state index contributed by atoms with van der Waals surface area (Å²) >= 11 is 0. The lowest BCUT2D eigenvalue weighted by atomic mass is 9.73. The van der Waals surface area contributed by atoms with Crippen molar-refractivity contribution >= 4 is 11.7 Å². The Hall–Kier alpha value is -1.66. The minimum absolute atomic E-state index is 0.0125. The molecule has 3 fully saturated rings. The van der Waals surface area contributed by atoms with Gasteiger partial charge in [0.1, 0.15) is 36.8 Å². The molecule has 3 aliphatic heterocycles. The van der Waals surface area contributed by atoms with Crippen LogP contribution in [-0.4, -0.2) is 197 Å². The van der Waals surface area contributed by atoms with Gasteiger partial charge in [-0.3, -0.25) is 4.79 Å². The van der Waals surface area contributed by atoms with E-state index < -0.39 is 102 Å². The number of aliphatic hydroxyl groups excluding tert-OH is 2. The molecule has 3 aliphatic rings. The van der Waals surface area contributed by atoms with E-state index in [4.69, 9.17) is 56.9 Å². The Kier molecular flexibility index (Phi) is 22.7. The molecule has 3 rings (SSSR count). The Labute approximate surface area is 381 Å². The molecule has 0 bridgehead atoms. The minimum atomic E-state index is -1.85. The first kappa shape index (κ1) is 56.7. The summed E-state index contributed by atoms with van der Waals surface area (Å²) in [5.41, 5.74) is -4.30. The van der Waals surface area contributed by atoms with Crippen molar-refractivity contribution in [2.45, 2.75) is 179 Å². The summed E-state index contributed by atoms with van der Waals surface area (Å²) in [6, 6.07) is -0.334. The minimum Gasteiger partial charge on any atom is -0.459 e. The predicted octanol–water partition coefficient (Wildman–Crippen LogP) is 2.85. The number of ether oxygens (including phenoxy) is 11. The zero-order chi connectivity index (χ0) is 48.2. The molecule has 3 saturated heterocycles. The third kappa shape index (κ3) is 14.7. The molecule has 19 nitrogen and oxygen atoms in total. The van der Waals surface area contributed by atoms with Gasteiger partial charge < -0.3 is 82.3 Å². The third-order valence-corrected chi connectivity index (χ3v) is 13.3. The van der Waals surface area contributed by atoms with Gasteiger partial charge in [0.05, 0.1) is 73.7 Å². The fourth-order valence-electron chi connectivity index (χ4n) is 9.55. The number of methoxy groups -OCH3 is 3. The van der Waals surface area contributed by atoms with Gasteiger partial charge in [0.2, 0.25) is 6.79 Å². The number of hydrogen-bond donors (Lipinski definition) is 4. The average Bonchev–Trinajstić information content (AvgIpc) is 3.23. The summed E-state index contributed by atoms with van der Waals surface area (Å²) in [6.45, 7) is 18.1. The molecule has 0 aromatic carbocycles. The summed E-state index contributed by atoms with van der Waals surface area (Å²) in [5.74, 6) is -3.96. The largest absolute Gasteiger partial charge is 0.459 e. The molecule has 64 heavy (non-hydrogen) atoms. The van der Waals surface area contributed by atoms with E-state index in [0.29, 0.717) is 25.3 Å². The lowest BCUT2D eigenvalue weighted by molar-refractivity contribution is -0.318. The topological polar surface area (TPSA) is 224 Å². The van der Waals surface area contributed by atoms with Crippen molar-refractivity contribution in [3.63, 3.8) is 0 Å². The predicted molar refractivity (Wildman–Crippen MR) is 234 cm³/mol. The monoisotopic (exact) mass is 925 g/mol. The van der Waals surface area contributed by atoms with E-state index in [1.807, 2.05) is 39.8 Å². The van der Waals surface area contributed by atoms with Crippen LogP contribution in [0.2, 0.25) is 0 Å². The van der Waals surface area contributed by atoms with E-state index in [2.05, 4.69) is 5.16 Å². The molecule has 18 atom stereocenters. The number of cyclic esters (lactones) is 1. The van der Waals surface area contributed by atoms with Gasteiger partial charge in [-0.25, -0.2) is 0 Å². The lowest BCUT2D eigenvalue weighted by Crippen LogP contribution is -2.61. The number of nitrogens with zero attached hydrogens (tertiary/aromatic N) is 2. The Morgan fingerprint density at radius 2 is 1.45 bits per heavy atom. The van der Waals surface area contributed by atoms with Crippen LogP contribution < -0.4 is 0 Å². The maximum atomic E-state index is 14.7. The first-order valence-corrected chi connectivity index (χ1v) is 22.8. The number of carbonyl (C=O) groups excluding carboxylic acids is 1. The summed E-state index contributed by atoms with van der Waals surface area (Å²) in [6.07, 6.45) is -9.03. The Morgan fingerprint density at radius 1 is 0.828 bits per heavy atom. The van der Waals surface area contributed by atoms with Crippen molar-refractivity contribution in [1.29, 1.82) is 0 Å². The number of likely N-dealkylation sites (N-methyl/N-ethyl adjacent to an activating group) is 1. The Morgan fingerprint density at radius 3 is 2.03 bits per heavy atom. The highest BCUT2D eigenvalue weighted by molar-refractivity contribution is 5.89. The van der Waals surface area contributed by atoms with Gasteiger partial charge >= 0.3 is 5.97 Å². The second kappa shape index (κ2) is 25.6. The highest BCUT2D eigenvalue weighted by Gasteiger charge is 2.54. The van der Waals surface area contributed by atoms with Crippen molar-refractivity contribution in [2.75, 3.05) is 75.4 Å². The summed E-state index contributed by atoms with van der Waals surface area (Å²) in [7, 11) is 8.35. The van der Waals surface area contributed by atoms with Crippen LogP contribution >= 0.6 is 0 Å². The van der Waals surface area contributed by atoms with Crippen LogP contribution in [0.15, 0.2) is 5.16 Å². The number of rotatable bonds is 19. The highest BCUT2D eigenvalue weighted by atomic mass is 16.7. The standard InChI is InChI=1S/C45H84N2O17/c1-16-33-45(10,52)40(58-24-56-19-17-53-13)28(4)35(46-59-25-57-20-18-54-14)26(2)22-43(8,51)39(64-42-36(48)32(47(11)12)21-27(3)60-42)29(5)37(30(6)41(50)62-33)63-34-23-44(9,55-15)38(49)31(7)61-34/h26-34,36-40,42,48-49,51-52H,16-25H2,1-15H3/b46-35+/t26-,27-,28+,29+,30-,31+,32+,33-,34+,36-,37+,38+,39-,40-,42+,43-,44-,45-/m1/s1. The normalized spacial score (nSPS) is 42.7. The Bertz CT molecular complexity index is 1410. The maximum Gasteiger partial charge on any atom is 0.311 e. The molecule has 0 aliphatic carbocycles. The van der Waals surface area contributed by atoms with Crippen molar-refractivity contribution in [2.24, 2.45) is 28.8 Å². The zero-order valence-electron chi connectivity index (χ0n) is 41.2. The first-order chi connectivity index (χ1) is 30.0. The smallest absolute Gasteiger partial charge is 0.311 e. The molecule has 0 aromatic heterocycles. The number of carbonyl (C=O) groups is 1. The Balaban J connectivity index is 2.27. The quantitative estimate of drug-likeness (QED) is 0.0633. The summed E-state index contributed by atoms with van der Waals surface area (Å²) < 4.78 is 66.0. The van der Waals surface area contributed by atoms with Crippen LogP contribution in [0.5, 0.6) is 0 Å². The van der Waals surface area contributed by atoms with Gasteiger partial charge in [-0.05, 0) is 74.9 Å². The molecule has 19 heteroatoms. The zero-order valence-corrected chi connectivity index (χ0v) is 41.2. The molecule has 3 heterocycles. The molecule has 0 spiro atoms. The molecule has 376 valence electrons. The van der Waals surface area contributed by atoms with Gasteiger partial charge in [-0.15, -0.1) is 0 Å². The molecular formula is C45H84N2O17. The summed E-state index contributed by atoms with van der Waals surface area (Å²) in [4.78, 5) is 22.3. The first-order valence-electron chi connectivity index (χ1n) is 22.8. The third-order valence-electron chi connectivity index (χ3n) is 13.3. The average molecular weight is 925 g/mol. The summed E-state index contributed by atoms with van der Waals surface area (Å²) in [5, 5.41) is 52.9. The van der Waals surface area contributed by atoms with Crippen molar-refractivity contribution < 1.29 is 82.2 Å². The lowest BCUT2D eigenvalue weighted by Gasteiger charge is -2.49. The molecule has 0 unspecified atom stereocenters. The van der Waals surface area contributed by atoms with E-state index in [1.54, 1.807) is 62.7 Å². The van der Waals surface area contributed by atoms with Crippen LogP contribution in [0.4, 0.5) is 0 Å². The fourth-order valence-corrected chi connectivity index (χ4v) is 9.55. The second-order valence-electron chi connectivity index (χ2n) is 18.9. The maximum absolute atomic E-state index is 14.7. The van der Waals surface area contributed by atoms with Gasteiger partial charge in [0.15, 0.2) is 12.6 Å². The van der Waals surface area contributed by atoms with E-state index >= 15 is 0 Å². The van der Waals surface area contributed by atoms with E-state index in [1.165, 1.54) is 7.11 Å². The van der Waals surface area contributed by atoms with E-state index in [0.717, 1.165) is 0 Å². The van der Waals surface area contributed by atoms with E-state index in [-0.39, 0.29) is 58.2 Å². The van der Waals surface area contributed by atoms with Crippen LogP contribution in [0, 0.1) is 23.7 Å². The molecule has 0 amide bonds. The second-order valence-corrected chi connectivity index (χ2v) is 18.9. The number of oxime groups is 1. The van der Waals surface area contributed by atoms with Crippen LogP contribution in [0.3, 0.4) is 0 Å².